The zero-order valence-electron chi connectivity index (χ0n) is 3.79. The van der Waals surface area contributed by atoms with E-state index in [0.29, 0.717) is 0 Å². The molecule has 0 spiro atoms. The molecular formula is C3H9ITe. The summed E-state index contributed by atoms with van der Waals surface area (Å²) in [5, 5.41) is 0. The van der Waals surface area contributed by atoms with E-state index in [-0.39, 0.29) is 43.5 Å². The van der Waals surface area contributed by atoms with Crippen LogP contribution >= 0.6 is 0 Å². The van der Waals surface area contributed by atoms with E-state index in [2.05, 4.69) is 14.9 Å². The molecule has 0 aromatic heterocycles. The quantitative estimate of drug-likeness (QED) is 0.372. The maximum Gasteiger partial charge on any atom is -1.00 e. The molecule has 0 fully saturated rings. The van der Waals surface area contributed by atoms with E-state index in [1.165, 1.54) is 0 Å². The summed E-state index contributed by atoms with van der Waals surface area (Å²) in [6.07, 6.45) is 0. The van der Waals surface area contributed by atoms with E-state index in [1.54, 1.807) is 0 Å². The molecule has 5 heavy (non-hydrogen) atoms. The molecule has 0 aliphatic rings. The zero-order chi connectivity index (χ0) is 3.58. The van der Waals surface area contributed by atoms with Gasteiger partial charge in [0.15, 0.2) is 0 Å². The second-order valence-electron chi connectivity index (χ2n) is 1.22. The minimum atomic E-state index is -0.357. The normalized spacial score (nSPS) is 7.20. The average molecular weight is 300 g/mol. The number of hydrogen-bond acceptors (Lipinski definition) is 0. The fraction of sp³-hybridized carbons (Fsp3) is 1.00. The van der Waals surface area contributed by atoms with Gasteiger partial charge in [-0.05, 0) is 0 Å². The van der Waals surface area contributed by atoms with Crippen molar-refractivity contribution in [2.24, 2.45) is 0 Å². The van der Waals surface area contributed by atoms with Crippen molar-refractivity contribution in [2.75, 3.05) is 0 Å². The van der Waals surface area contributed by atoms with Crippen LogP contribution in [0, 0.1) is 0 Å². The van der Waals surface area contributed by atoms with Crippen LogP contribution < -0.4 is 24.0 Å². The van der Waals surface area contributed by atoms with Crippen molar-refractivity contribution < 1.29 is 24.0 Å². The van der Waals surface area contributed by atoms with Gasteiger partial charge in [-0.1, -0.05) is 0 Å². The Kier molecular flexibility index (Phi) is 10.7. The first-order chi connectivity index (χ1) is 1.73. The molecule has 0 N–H and O–H groups in total. The first-order valence-corrected chi connectivity index (χ1v) is 8.22. The zero-order valence-corrected chi connectivity index (χ0v) is 8.27. The van der Waals surface area contributed by atoms with Crippen LogP contribution in [0.4, 0.5) is 0 Å². The Hall–Kier alpha value is 1.52. The standard InChI is InChI=1S/C3H9Te.HI/c1-4(2)3;/h1-3H3;1H/q+1;/p-1. The second-order valence-corrected chi connectivity index (χ2v) is 8.22. The summed E-state index contributed by atoms with van der Waals surface area (Å²) < 4.78 is 0. The summed E-state index contributed by atoms with van der Waals surface area (Å²) in [4.78, 5) is 7.01. The van der Waals surface area contributed by atoms with E-state index in [9.17, 15) is 0 Å². The van der Waals surface area contributed by atoms with Gasteiger partial charge in [0.05, 0.1) is 0 Å². The summed E-state index contributed by atoms with van der Waals surface area (Å²) in [6.45, 7) is 0. The largest absolute Gasteiger partial charge is 1.00 e. The van der Waals surface area contributed by atoms with Crippen LogP contribution in [-0.2, 0) is 0 Å². The van der Waals surface area contributed by atoms with Crippen LogP contribution in [-0.4, -0.2) is 19.6 Å². The average Bonchev–Trinajstić information content (AvgIpc) is 0.811. The summed E-state index contributed by atoms with van der Waals surface area (Å²) in [7, 11) is 0. The van der Waals surface area contributed by atoms with Gasteiger partial charge in [-0.25, -0.2) is 0 Å². The van der Waals surface area contributed by atoms with Crippen molar-refractivity contribution in [3.8, 4) is 0 Å². The van der Waals surface area contributed by atoms with Gasteiger partial charge in [-0.3, -0.25) is 0 Å². The van der Waals surface area contributed by atoms with E-state index < -0.39 is 0 Å². The third-order valence-corrected chi connectivity index (χ3v) is 0. The molecular weight excluding hydrogens is 291 g/mol. The summed E-state index contributed by atoms with van der Waals surface area (Å²) in [6, 6.07) is 0. The Balaban J connectivity index is 0. The van der Waals surface area contributed by atoms with Crippen LogP contribution in [0.15, 0.2) is 0 Å². The molecule has 0 radical (unpaired) electrons. The fourth-order valence-corrected chi connectivity index (χ4v) is 0. The number of halogens is 1. The van der Waals surface area contributed by atoms with Gasteiger partial charge in [0.1, 0.15) is 0 Å². The van der Waals surface area contributed by atoms with Crippen LogP contribution in [0.3, 0.4) is 0 Å². The molecule has 0 heterocycles. The van der Waals surface area contributed by atoms with Crippen LogP contribution in [0.2, 0.25) is 14.9 Å². The fourth-order valence-electron chi connectivity index (χ4n) is 0. The summed E-state index contributed by atoms with van der Waals surface area (Å²) in [5.41, 5.74) is 0. The minimum absolute atomic E-state index is 0. The Morgan fingerprint density at radius 2 is 1.00 bits per heavy atom. The molecule has 2 heteroatoms. The molecule has 0 nitrogen and oxygen atoms in total. The predicted molar refractivity (Wildman–Crippen MR) is 23.3 cm³/mol. The van der Waals surface area contributed by atoms with Gasteiger partial charge in [-0.2, -0.15) is 0 Å². The van der Waals surface area contributed by atoms with Crippen molar-refractivity contribution in [2.45, 2.75) is 14.9 Å². The number of hydrogen-bond donors (Lipinski definition) is 0. The van der Waals surface area contributed by atoms with Crippen molar-refractivity contribution in [1.82, 2.24) is 0 Å². The minimum Gasteiger partial charge on any atom is -1.00 e. The van der Waals surface area contributed by atoms with Crippen molar-refractivity contribution in [1.29, 1.82) is 0 Å². The Morgan fingerprint density at radius 1 is 1.00 bits per heavy atom. The molecule has 0 saturated heterocycles. The van der Waals surface area contributed by atoms with Gasteiger partial charge < -0.3 is 24.0 Å². The summed E-state index contributed by atoms with van der Waals surface area (Å²) in [5.74, 6) is 0. The van der Waals surface area contributed by atoms with Gasteiger partial charge in [0.2, 0.25) is 0 Å². The van der Waals surface area contributed by atoms with Gasteiger partial charge in [0, 0.05) is 0 Å². The Bertz CT molecular complexity index is 11.6. The molecule has 0 amide bonds. The molecule has 0 aliphatic heterocycles. The maximum absolute atomic E-state index is 2.34. The second kappa shape index (κ2) is 5.52. The predicted octanol–water partition coefficient (Wildman–Crippen LogP) is -1.63. The SMILES string of the molecule is C[Te+](C)C.[I-]. The molecule has 0 rings (SSSR count). The van der Waals surface area contributed by atoms with Crippen molar-refractivity contribution in [3.63, 3.8) is 0 Å². The third-order valence-electron chi connectivity index (χ3n) is 0. The van der Waals surface area contributed by atoms with Gasteiger partial charge in [0.25, 0.3) is 0 Å². The van der Waals surface area contributed by atoms with E-state index >= 15 is 0 Å². The first kappa shape index (κ1) is 9.72. The topological polar surface area (TPSA) is 0 Å². The molecule has 0 atom stereocenters. The molecule has 0 saturated carbocycles. The molecule has 34 valence electrons. The smallest absolute Gasteiger partial charge is 1.00 e. The van der Waals surface area contributed by atoms with Crippen molar-refractivity contribution in [3.05, 3.63) is 0 Å². The molecule has 0 bridgehead atoms. The molecule has 0 aromatic rings. The van der Waals surface area contributed by atoms with E-state index in [0.717, 1.165) is 0 Å². The third kappa shape index (κ3) is 29.6. The van der Waals surface area contributed by atoms with E-state index in [4.69, 9.17) is 0 Å². The first-order valence-electron chi connectivity index (χ1n) is 1.22. The molecule has 0 aliphatic carbocycles. The van der Waals surface area contributed by atoms with Gasteiger partial charge >= 0.3 is 34.5 Å². The van der Waals surface area contributed by atoms with Crippen LogP contribution in [0.5, 0.6) is 0 Å². The van der Waals surface area contributed by atoms with Crippen LogP contribution in [0.1, 0.15) is 0 Å². The Labute approximate surface area is 58.0 Å². The van der Waals surface area contributed by atoms with Gasteiger partial charge in [-0.15, -0.1) is 0 Å². The molecule has 0 unspecified atom stereocenters. The van der Waals surface area contributed by atoms with Crippen LogP contribution in [0.25, 0.3) is 0 Å². The maximum atomic E-state index is 2.34. The monoisotopic (exact) mass is 302 g/mol. The van der Waals surface area contributed by atoms with E-state index in [1.807, 2.05) is 0 Å². The summed E-state index contributed by atoms with van der Waals surface area (Å²) >= 11 is -0.357. The van der Waals surface area contributed by atoms with Crippen molar-refractivity contribution >= 4 is 19.6 Å². The Morgan fingerprint density at radius 3 is 1.00 bits per heavy atom. The number of rotatable bonds is 0. The molecule has 0 aromatic carbocycles.